The van der Waals surface area contributed by atoms with Crippen molar-refractivity contribution < 1.29 is 4.79 Å². The summed E-state index contributed by atoms with van der Waals surface area (Å²) in [5.41, 5.74) is 0.751. The molecule has 1 aliphatic carbocycles. The van der Waals surface area contributed by atoms with Gasteiger partial charge in [-0.1, -0.05) is 12.1 Å². The highest BCUT2D eigenvalue weighted by Gasteiger charge is 2.25. The average molecular weight is 268 g/mol. The summed E-state index contributed by atoms with van der Waals surface area (Å²) in [6, 6.07) is 7.57. The number of carbonyl (C=O) groups excluding carboxylic acids is 1. The normalized spacial score (nSPS) is 15.1. The van der Waals surface area contributed by atoms with Gasteiger partial charge in [-0.15, -0.1) is 0 Å². The molecule has 1 aliphatic rings. The Morgan fingerprint density at radius 1 is 1.47 bits per heavy atom. The third-order valence-electron chi connectivity index (χ3n) is 2.68. The number of rotatable bonds is 3. The molecule has 1 saturated carbocycles. The SMILES string of the molecule is CN(CC1CC1)C(=O)c1ccccc1Br. The van der Waals surface area contributed by atoms with Gasteiger partial charge in [-0.3, -0.25) is 4.79 Å². The average Bonchev–Trinajstić information content (AvgIpc) is 3.01. The van der Waals surface area contributed by atoms with Crippen LogP contribution in [0, 0.1) is 5.92 Å². The predicted octanol–water partition coefficient (Wildman–Crippen LogP) is 2.93. The second-order valence-electron chi connectivity index (χ2n) is 4.11. The molecule has 1 fully saturated rings. The molecular weight excluding hydrogens is 254 g/mol. The molecule has 1 aromatic rings. The van der Waals surface area contributed by atoms with Gasteiger partial charge in [-0.25, -0.2) is 0 Å². The molecule has 0 atom stereocenters. The second-order valence-corrected chi connectivity index (χ2v) is 4.96. The first kappa shape index (κ1) is 10.7. The van der Waals surface area contributed by atoms with Gasteiger partial charge in [0.2, 0.25) is 0 Å². The van der Waals surface area contributed by atoms with Gasteiger partial charge in [-0.05, 0) is 46.8 Å². The maximum atomic E-state index is 12.0. The highest BCUT2D eigenvalue weighted by atomic mass is 79.9. The number of carbonyl (C=O) groups is 1. The molecule has 2 rings (SSSR count). The van der Waals surface area contributed by atoms with Crippen LogP contribution in [0.25, 0.3) is 0 Å². The molecule has 0 aromatic heterocycles. The largest absolute Gasteiger partial charge is 0.341 e. The Morgan fingerprint density at radius 3 is 2.73 bits per heavy atom. The van der Waals surface area contributed by atoms with Crippen LogP contribution in [-0.4, -0.2) is 24.4 Å². The fraction of sp³-hybridized carbons (Fsp3) is 0.417. The first-order valence-corrected chi connectivity index (χ1v) is 5.98. The van der Waals surface area contributed by atoms with E-state index < -0.39 is 0 Å². The van der Waals surface area contributed by atoms with E-state index in [1.807, 2.05) is 36.2 Å². The van der Waals surface area contributed by atoms with Crippen molar-refractivity contribution in [1.82, 2.24) is 4.90 Å². The van der Waals surface area contributed by atoms with Crippen LogP contribution in [0.1, 0.15) is 23.2 Å². The van der Waals surface area contributed by atoms with Crippen molar-refractivity contribution in [3.63, 3.8) is 0 Å². The number of hydrogen-bond acceptors (Lipinski definition) is 1. The minimum Gasteiger partial charge on any atom is -0.341 e. The number of hydrogen-bond donors (Lipinski definition) is 0. The second kappa shape index (κ2) is 4.35. The topological polar surface area (TPSA) is 20.3 Å². The lowest BCUT2D eigenvalue weighted by Gasteiger charge is -2.17. The maximum absolute atomic E-state index is 12.0. The van der Waals surface area contributed by atoms with Crippen molar-refractivity contribution in [3.8, 4) is 0 Å². The zero-order chi connectivity index (χ0) is 10.8. The summed E-state index contributed by atoms with van der Waals surface area (Å²) >= 11 is 3.40. The van der Waals surface area contributed by atoms with Crippen molar-refractivity contribution in [3.05, 3.63) is 34.3 Å². The first-order chi connectivity index (χ1) is 7.18. The van der Waals surface area contributed by atoms with E-state index in [1.165, 1.54) is 12.8 Å². The molecule has 15 heavy (non-hydrogen) atoms. The molecule has 0 aliphatic heterocycles. The van der Waals surface area contributed by atoms with Gasteiger partial charge >= 0.3 is 0 Å². The van der Waals surface area contributed by atoms with Crippen LogP contribution in [0.3, 0.4) is 0 Å². The standard InChI is InChI=1S/C12H14BrNO/c1-14(8-9-6-7-9)12(15)10-4-2-3-5-11(10)13/h2-5,9H,6-8H2,1H3. The Morgan fingerprint density at radius 2 is 2.13 bits per heavy atom. The quantitative estimate of drug-likeness (QED) is 0.825. The summed E-state index contributed by atoms with van der Waals surface area (Å²) in [6.45, 7) is 0.889. The Bertz CT molecular complexity index is 374. The van der Waals surface area contributed by atoms with Crippen LogP contribution in [-0.2, 0) is 0 Å². The third kappa shape index (κ3) is 2.59. The minimum atomic E-state index is 0.106. The van der Waals surface area contributed by atoms with E-state index in [9.17, 15) is 4.79 Å². The van der Waals surface area contributed by atoms with Crippen molar-refractivity contribution in [1.29, 1.82) is 0 Å². The first-order valence-electron chi connectivity index (χ1n) is 5.18. The van der Waals surface area contributed by atoms with Crippen LogP contribution in [0.15, 0.2) is 28.7 Å². The summed E-state index contributed by atoms with van der Waals surface area (Å²) in [7, 11) is 1.88. The molecule has 80 valence electrons. The minimum absolute atomic E-state index is 0.106. The molecule has 1 amide bonds. The Labute approximate surface area is 98.4 Å². The van der Waals surface area contributed by atoms with E-state index in [0.29, 0.717) is 0 Å². The highest BCUT2D eigenvalue weighted by molar-refractivity contribution is 9.10. The highest BCUT2D eigenvalue weighted by Crippen LogP contribution is 2.30. The van der Waals surface area contributed by atoms with Crippen LogP contribution in [0.5, 0.6) is 0 Å². The van der Waals surface area contributed by atoms with E-state index in [-0.39, 0.29) is 5.91 Å². The third-order valence-corrected chi connectivity index (χ3v) is 3.37. The molecule has 0 spiro atoms. The lowest BCUT2D eigenvalue weighted by atomic mass is 10.2. The molecule has 0 unspecified atom stereocenters. The van der Waals surface area contributed by atoms with Gasteiger partial charge in [0.15, 0.2) is 0 Å². The fourth-order valence-electron chi connectivity index (χ4n) is 1.61. The Kier molecular flexibility index (Phi) is 3.10. The fourth-order valence-corrected chi connectivity index (χ4v) is 2.07. The maximum Gasteiger partial charge on any atom is 0.254 e. The van der Waals surface area contributed by atoms with E-state index in [2.05, 4.69) is 15.9 Å². The zero-order valence-electron chi connectivity index (χ0n) is 8.74. The number of nitrogens with zero attached hydrogens (tertiary/aromatic N) is 1. The van der Waals surface area contributed by atoms with Gasteiger partial charge in [0.05, 0.1) is 5.56 Å². The number of halogens is 1. The van der Waals surface area contributed by atoms with Crippen LogP contribution >= 0.6 is 15.9 Å². The molecule has 3 heteroatoms. The predicted molar refractivity (Wildman–Crippen MR) is 63.8 cm³/mol. The molecule has 1 aromatic carbocycles. The smallest absolute Gasteiger partial charge is 0.254 e. The summed E-state index contributed by atoms with van der Waals surface area (Å²) in [5.74, 6) is 0.843. The van der Waals surface area contributed by atoms with Gasteiger partial charge in [-0.2, -0.15) is 0 Å². The number of benzene rings is 1. The lowest BCUT2D eigenvalue weighted by Crippen LogP contribution is -2.28. The van der Waals surface area contributed by atoms with Gasteiger partial charge in [0.25, 0.3) is 5.91 Å². The van der Waals surface area contributed by atoms with Crippen LogP contribution in [0.4, 0.5) is 0 Å². The molecule has 2 nitrogen and oxygen atoms in total. The molecule has 0 saturated heterocycles. The van der Waals surface area contributed by atoms with Crippen LogP contribution in [0.2, 0.25) is 0 Å². The van der Waals surface area contributed by atoms with Crippen molar-refractivity contribution >= 4 is 21.8 Å². The lowest BCUT2D eigenvalue weighted by molar-refractivity contribution is 0.0788. The Hall–Kier alpha value is -0.830. The molecule has 0 heterocycles. The summed E-state index contributed by atoms with van der Waals surface area (Å²) < 4.78 is 0.873. The monoisotopic (exact) mass is 267 g/mol. The van der Waals surface area contributed by atoms with Crippen molar-refractivity contribution in [2.75, 3.05) is 13.6 Å². The van der Waals surface area contributed by atoms with Crippen LogP contribution < -0.4 is 0 Å². The molecule has 0 radical (unpaired) electrons. The van der Waals surface area contributed by atoms with E-state index in [0.717, 1.165) is 22.5 Å². The molecular formula is C12H14BrNO. The van der Waals surface area contributed by atoms with Gasteiger partial charge in [0.1, 0.15) is 0 Å². The molecule has 0 bridgehead atoms. The summed E-state index contributed by atoms with van der Waals surface area (Å²) in [5, 5.41) is 0. The van der Waals surface area contributed by atoms with Gasteiger partial charge in [0, 0.05) is 18.1 Å². The number of amides is 1. The Balaban J connectivity index is 2.08. The molecule has 0 N–H and O–H groups in total. The van der Waals surface area contributed by atoms with E-state index >= 15 is 0 Å². The van der Waals surface area contributed by atoms with E-state index in [4.69, 9.17) is 0 Å². The van der Waals surface area contributed by atoms with Crippen molar-refractivity contribution in [2.45, 2.75) is 12.8 Å². The zero-order valence-corrected chi connectivity index (χ0v) is 10.3. The summed E-state index contributed by atoms with van der Waals surface area (Å²) in [6.07, 6.45) is 2.54. The summed E-state index contributed by atoms with van der Waals surface area (Å²) in [4.78, 5) is 13.8. The van der Waals surface area contributed by atoms with Crippen molar-refractivity contribution in [2.24, 2.45) is 5.92 Å². The van der Waals surface area contributed by atoms with E-state index in [1.54, 1.807) is 0 Å². The van der Waals surface area contributed by atoms with Gasteiger partial charge < -0.3 is 4.90 Å².